The Morgan fingerprint density at radius 2 is 2.25 bits per heavy atom. The Labute approximate surface area is 117 Å². The van der Waals surface area contributed by atoms with Crippen LogP contribution in [0.2, 0.25) is 0 Å². The highest BCUT2D eigenvalue weighted by Crippen LogP contribution is 2.17. The number of nitrogens with one attached hydrogen (secondary N) is 1. The number of carbonyl (C=O) groups excluding carboxylic acids is 2. The van der Waals surface area contributed by atoms with Crippen molar-refractivity contribution < 1.29 is 19.1 Å². The Morgan fingerprint density at radius 3 is 2.85 bits per heavy atom. The summed E-state index contributed by atoms with van der Waals surface area (Å²) in [6.45, 7) is 4.41. The average molecular weight is 284 g/mol. The molecule has 1 amide bonds. The van der Waals surface area contributed by atoms with Gasteiger partial charge in [0.25, 0.3) is 0 Å². The lowest BCUT2D eigenvalue weighted by Crippen LogP contribution is -2.33. The Morgan fingerprint density at radius 1 is 1.55 bits per heavy atom. The molecule has 0 aliphatic heterocycles. The molecule has 1 unspecified atom stereocenters. The van der Waals surface area contributed by atoms with Crippen LogP contribution >= 0.6 is 0 Å². The maximum atomic E-state index is 11.9. The molecule has 8 heteroatoms. The quantitative estimate of drug-likeness (QED) is 0.537. The number of carbonyl (C=O) groups is 2. The second kappa shape index (κ2) is 7.49. The molecule has 0 aromatic carbocycles. The number of amides is 1. The van der Waals surface area contributed by atoms with Crippen LogP contribution in [0, 0.1) is 0 Å². The van der Waals surface area contributed by atoms with E-state index in [4.69, 9.17) is 15.2 Å². The van der Waals surface area contributed by atoms with E-state index in [-0.39, 0.29) is 24.0 Å². The molecule has 0 spiro atoms. The van der Waals surface area contributed by atoms with Crippen molar-refractivity contribution in [2.24, 2.45) is 0 Å². The predicted molar refractivity (Wildman–Crippen MR) is 72.2 cm³/mol. The van der Waals surface area contributed by atoms with Crippen LogP contribution < -0.4 is 11.1 Å². The van der Waals surface area contributed by atoms with E-state index in [1.807, 2.05) is 0 Å². The van der Waals surface area contributed by atoms with Crippen LogP contribution in [-0.4, -0.2) is 48.3 Å². The molecule has 112 valence electrons. The second-order valence-corrected chi connectivity index (χ2v) is 4.07. The zero-order chi connectivity index (χ0) is 15.1. The standard InChI is InChI=1S/C12H20N4O4/c1-4-20-12(18)9-10(13)16(7-15-9)8(2)11(17)14-5-6-19-3/h7-8H,4-6,13H2,1-3H3,(H,14,17). The van der Waals surface area contributed by atoms with Crippen molar-refractivity contribution in [1.29, 1.82) is 0 Å². The zero-order valence-corrected chi connectivity index (χ0v) is 11.9. The summed E-state index contributed by atoms with van der Waals surface area (Å²) in [6.07, 6.45) is 1.35. The van der Waals surface area contributed by atoms with E-state index in [0.29, 0.717) is 13.2 Å². The minimum Gasteiger partial charge on any atom is -0.461 e. The number of nitrogen functional groups attached to an aromatic ring is 1. The summed E-state index contributed by atoms with van der Waals surface area (Å²) < 4.78 is 11.1. The minimum atomic E-state index is -0.601. The lowest BCUT2D eigenvalue weighted by atomic mass is 10.3. The molecule has 1 aromatic rings. The highest BCUT2D eigenvalue weighted by molar-refractivity contribution is 5.92. The topological polar surface area (TPSA) is 108 Å². The van der Waals surface area contributed by atoms with Crippen LogP contribution in [0.25, 0.3) is 0 Å². The van der Waals surface area contributed by atoms with Crippen molar-refractivity contribution in [1.82, 2.24) is 14.9 Å². The van der Waals surface area contributed by atoms with Crippen LogP contribution in [0.1, 0.15) is 30.4 Å². The number of methoxy groups -OCH3 is 1. The van der Waals surface area contributed by atoms with Crippen LogP contribution in [0.5, 0.6) is 0 Å². The molecule has 1 atom stereocenters. The maximum Gasteiger partial charge on any atom is 0.360 e. The fraction of sp³-hybridized carbons (Fsp3) is 0.583. The largest absolute Gasteiger partial charge is 0.461 e. The number of ether oxygens (including phenoxy) is 2. The first kappa shape index (κ1) is 16.0. The van der Waals surface area contributed by atoms with Gasteiger partial charge in [0.15, 0.2) is 5.69 Å². The number of hydrogen-bond acceptors (Lipinski definition) is 6. The van der Waals surface area contributed by atoms with Gasteiger partial charge in [-0.15, -0.1) is 0 Å². The van der Waals surface area contributed by atoms with Crippen molar-refractivity contribution in [2.45, 2.75) is 19.9 Å². The van der Waals surface area contributed by atoms with E-state index >= 15 is 0 Å². The third-order valence-electron chi connectivity index (χ3n) is 2.70. The third-order valence-corrected chi connectivity index (χ3v) is 2.70. The number of hydrogen-bond donors (Lipinski definition) is 2. The fourth-order valence-electron chi connectivity index (χ4n) is 1.59. The van der Waals surface area contributed by atoms with E-state index < -0.39 is 12.0 Å². The Hall–Kier alpha value is -2.09. The number of rotatable bonds is 7. The molecule has 8 nitrogen and oxygen atoms in total. The van der Waals surface area contributed by atoms with Gasteiger partial charge in [-0.1, -0.05) is 0 Å². The summed E-state index contributed by atoms with van der Waals surface area (Å²) in [5, 5.41) is 2.69. The summed E-state index contributed by atoms with van der Waals surface area (Å²) in [5.74, 6) is -0.727. The van der Waals surface area contributed by atoms with Crippen molar-refractivity contribution in [3.05, 3.63) is 12.0 Å². The average Bonchev–Trinajstić information content (AvgIpc) is 2.80. The Balaban J connectivity index is 2.76. The van der Waals surface area contributed by atoms with Crippen LogP contribution in [0.3, 0.4) is 0 Å². The molecular weight excluding hydrogens is 264 g/mol. The first-order valence-corrected chi connectivity index (χ1v) is 6.29. The molecule has 1 aromatic heterocycles. The van der Waals surface area contributed by atoms with Crippen LogP contribution in [-0.2, 0) is 14.3 Å². The first-order chi connectivity index (χ1) is 9.52. The molecule has 0 aliphatic rings. The zero-order valence-electron chi connectivity index (χ0n) is 11.9. The van der Waals surface area contributed by atoms with Crippen LogP contribution in [0.4, 0.5) is 5.82 Å². The Kier molecular flexibility index (Phi) is 5.98. The van der Waals surface area contributed by atoms with Gasteiger partial charge in [0.1, 0.15) is 11.9 Å². The summed E-state index contributed by atoms with van der Waals surface area (Å²) in [7, 11) is 1.55. The summed E-state index contributed by atoms with van der Waals surface area (Å²) >= 11 is 0. The summed E-state index contributed by atoms with van der Waals surface area (Å²) in [4.78, 5) is 27.4. The summed E-state index contributed by atoms with van der Waals surface area (Å²) in [6, 6.07) is -0.581. The monoisotopic (exact) mass is 284 g/mol. The molecule has 0 bridgehead atoms. The normalized spacial score (nSPS) is 11.9. The van der Waals surface area contributed by atoms with Gasteiger partial charge in [-0.3, -0.25) is 4.79 Å². The molecule has 0 saturated carbocycles. The third kappa shape index (κ3) is 3.70. The van der Waals surface area contributed by atoms with E-state index in [1.54, 1.807) is 21.0 Å². The number of imidazole rings is 1. The van der Waals surface area contributed by atoms with Gasteiger partial charge in [-0.25, -0.2) is 9.78 Å². The van der Waals surface area contributed by atoms with Gasteiger partial charge in [-0.05, 0) is 13.8 Å². The maximum absolute atomic E-state index is 11.9. The van der Waals surface area contributed by atoms with E-state index in [1.165, 1.54) is 10.9 Å². The van der Waals surface area contributed by atoms with Gasteiger partial charge in [0.05, 0.1) is 19.5 Å². The van der Waals surface area contributed by atoms with E-state index in [9.17, 15) is 9.59 Å². The number of nitrogens with zero attached hydrogens (tertiary/aromatic N) is 2. The number of aromatic nitrogens is 2. The summed E-state index contributed by atoms with van der Waals surface area (Å²) in [5.41, 5.74) is 5.84. The fourth-order valence-corrected chi connectivity index (χ4v) is 1.59. The van der Waals surface area contributed by atoms with Gasteiger partial charge < -0.3 is 25.1 Å². The van der Waals surface area contributed by atoms with Gasteiger partial charge in [0.2, 0.25) is 5.91 Å². The van der Waals surface area contributed by atoms with Gasteiger partial charge >= 0.3 is 5.97 Å². The SMILES string of the molecule is CCOC(=O)c1ncn(C(C)C(=O)NCCOC)c1N. The molecule has 0 radical (unpaired) electrons. The van der Waals surface area contributed by atoms with Crippen LogP contribution in [0.15, 0.2) is 6.33 Å². The molecule has 0 aliphatic carbocycles. The highest BCUT2D eigenvalue weighted by atomic mass is 16.5. The Bertz CT molecular complexity index is 472. The van der Waals surface area contributed by atoms with Crippen molar-refractivity contribution in [2.75, 3.05) is 32.6 Å². The van der Waals surface area contributed by atoms with E-state index in [0.717, 1.165) is 0 Å². The second-order valence-electron chi connectivity index (χ2n) is 4.07. The van der Waals surface area contributed by atoms with Gasteiger partial charge in [-0.2, -0.15) is 0 Å². The van der Waals surface area contributed by atoms with Crippen molar-refractivity contribution in [3.63, 3.8) is 0 Å². The molecular formula is C12H20N4O4. The molecule has 0 fully saturated rings. The van der Waals surface area contributed by atoms with Crippen molar-refractivity contribution in [3.8, 4) is 0 Å². The number of anilines is 1. The molecule has 1 heterocycles. The van der Waals surface area contributed by atoms with E-state index in [2.05, 4.69) is 10.3 Å². The first-order valence-electron chi connectivity index (χ1n) is 6.29. The molecule has 3 N–H and O–H groups in total. The molecule has 0 saturated heterocycles. The lowest BCUT2D eigenvalue weighted by Gasteiger charge is -2.14. The molecule has 20 heavy (non-hydrogen) atoms. The smallest absolute Gasteiger partial charge is 0.360 e. The van der Waals surface area contributed by atoms with Gasteiger partial charge in [0, 0.05) is 13.7 Å². The predicted octanol–water partition coefficient (Wildman–Crippen LogP) is -0.0344. The van der Waals surface area contributed by atoms with Crippen molar-refractivity contribution >= 4 is 17.7 Å². The molecule has 1 rings (SSSR count). The number of esters is 1. The minimum absolute atomic E-state index is 0.0170. The highest BCUT2D eigenvalue weighted by Gasteiger charge is 2.22. The number of nitrogens with two attached hydrogens (primary N) is 1. The lowest BCUT2D eigenvalue weighted by molar-refractivity contribution is -0.124.